The number of hydrogen-bond donors (Lipinski definition) is 1. The number of aromatic nitrogens is 1. The van der Waals surface area contributed by atoms with E-state index in [1.54, 1.807) is 12.3 Å². The van der Waals surface area contributed by atoms with E-state index in [2.05, 4.69) is 41.9 Å². The number of nitrogen functional groups attached to an aromatic ring is 1. The number of nitrogens with zero attached hydrogens (tertiary/aromatic N) is 3. The van der Waals surface area contributed by atoms with Crippen molar-refractivity contribution in [3.63, 3.8) is 0 Å². The van der Waals surface area contributed by atoms with Gasteiger partial charge in [0.1, 0.15) is 0 Å². The number of unbranched alkanes of at least 4 members (excludes halogenated alkanes) is 2. The second kappa shape index (κ2) is 10.5. The Labute approximate surface area is 193 Å². The van der Waals surface area contributed by atoms with E-state index >= 15 is 0 Å². The van der Waals surface area contributed by atoms with Crippen LogP contribution in [0.5, 0.6) is 0 Å². The van der Waals surface area contributed by atoms with Crippen molar-refractivity contribution in [3.05, 3.63) is 53.9 Å². The summed E-state index contributed by atoms with van der Waals surface area (Å²) in [7, 11) is 0. The first kappa shape index (κ1) is 22.8. The summed E-state index contributed by atoms with van der Waals surface area (Å²) >= 11 is 0. The van der Waals surface area contributed by atoms with Crippen LogP contribution < -0.4 is 10.6 Å². The lowest BCUT2D eigenvalue weighted by atomic mass is 9.88. The summed E-state index contributed by atoms with van der Waals surface area (Å²) in [6, 6.07) is 13.5. The van der Waals surface area contributed by atoms with E-state index in [0.717, 1.165) is 37.2 Å². The highest BCUT2D eigenvalue weighted by molar-refractivity contribution is 5.98. The molecule has 2 N–H and O–H groups in total. The van der Waals surface area contributed by atoms with Gasteiger partial charge in [0.25, 0.3) is 0 Å². The molecule has 2 aromatic rings. The molecule has 0 saturated carbocycles. The van der Waals surface area contributed by atoms with E-state index in [0.29, 0.717) is 24.2 Å². The number of likely N-dealkylation sites (tertiary alicyclic amines) is 1. The van der Waals surface area contributed by atoms with Gasteiger partial charge in [-0.25, -0.2) is 0 Å². The zero-order valence-corrected chi connectivity index (χ0v) is 19.7. The summed E-state index contributed by atoms with van der Waals surface area (Å²) in [5, 5.41) is 0. The van der Waals surface area contributed by atoms with E-state index < -0.39 is 0 Å². The van der Waals surface area contributed by atoms with Gasteiger partial charge in [0, 0.05) is 54.2 Å². The molecular weight excluding hydrogens is 396 g/mol. The highest BCUT2D eigenvalue weighted by Gasteiger charge is 2.32. The van der Waals surface area contributed by atoms with Crippen molar-refractivity contribution in [2.45, 2.75) is 77.3 Å². The quantitative estimate of drug-likeness (QED) is 0.604. The molecule has 0 radical (unpaired) electrons. The number of para-hydroxylation sites is 1. The van der Waals surface area contributed by atoms with E-state index in [1.165, 1.54) is 37.8 Å². The maximum Gasteiger partial charge on any atom is 0.230 e. The highest BCUT2D eigenvalue weighted by Crippen LogP contribution is 2.32. The lowest BCUT2D eigenvalue weighted by Crippen LogP contribution is -2.44. The second-order valence-corrected chi connectivity index (χ2v) is 9.73. The molecule has 3 heterocycles. The van der Waals surface area contributed by atoms with Crippen LogP contribution in [0.4, 0.5) is 11.4 Å². The van der Waals surface area contributed by atoms with Gasteiger partial charge >= 0.3 is 0 Å². The van der Waals surface area contributed by atoms with Crippen molar-refractivity contribution in [2.75, 3.05) is 23.7 Å². The first-order valence-electron chi connectivity index (χ1n) is 12.4. The predicted molar refractivity (Wildman–Crippen MR) is 132 cm³/mol. The molecule has 2 aliphatic heterocycles. The van der Waals surface area contributed by atoms with Crippen molar-refractivity contribution in [1.82, 2.24) is 9.88 Å². The fraction of sp³-hybridized carbons (Fsp3) is 0.556. The average Bonchev–Trinajstić information content (AvgIpc) is 2.77. The molecule has 172 valence electrons. The normalized spacial score (nSPS) is 23.9. The van der Waals surface area contributed by atoms with Crippen LogP contribution in [-0.4, -0.2) is 41.0 Å². The lowest BCUT2D eigenvalue weighted by Gasteiger charge is -2.39. The number of amides is 1. The molecule has 32 heavy (non-hydrogen) atoms. The highest BCUT2D eigenvalue weighted by atomic mass is 16.2. The topological polar surface area (TPSA) is 62.5 Å². The Hall–Kier alpha value is -2.40. The van der Waals surface area contributed by atoms with Gasteiger partial charge in [0.05, 0.1) is 0 Å². The summed E-state index contributed by atoms with van der Waals surface area (Å²) in [5.41, 5.74) is 9.88. The first-order chi connectivity index (χ1) is 15.5. The molecule has 0 aliphatic carbocycles. The van der Waals surface area contributed by atoms with Crippen molar-refractivity contribution in [3.8, 4) is 0 Å². The van der Waals surface area contributed by atoms with Crippen molar-refractivity contribution in [2.24, 2.45) is 5.92 Å². The largest absolute Gasteiger partial charge is 0.399 e. The Bertz CT molecular complexity index is 904. The minimum atomic E-state index is -0.0748. The zero-order chi connectivity index (χ0) is 22.5. The minimum Gasteiger partial charge on any atom is -0.399 e. The van der Waals surface area contributed by atoms with E-state index in [-0.39, 0.29) is 11.8 Å². The number of rotatable bonds is 8. The molecule has 3 atom stereocenters. The van der Waals surface area contributed by atoms with Crippen LogP contribution in [0.1, 0.15) is 63.6 Å². The fourth-order valence-corrected chi connectivity index (χ4v) is 5.55. The van der Waals surface area contributed by atoms with Crippen molar-refractivity contribution >= 4 is 17.3 Å². The standard InChI is InChI=1S/C27H38N4O/c1-20-9-8-10-21(2)30(20)15-6-3-7-16-31-26-12-5-4-11-22(26)17-23(27(31)32)18-25-19-24(28)13-14-29-25/h4-5,11-14,19-21,23H,3,6-10,15-18H2,1-2H3,(H2,28,29)/t20-,21+,23?. The summed E-state index contributed by atoms with van der Waals surface area (Å²) in [6.07, 6.45) is 10.6. The zero-order valence-electron chi connectivity index (χ0n) is 19.7. The van der Waals surface area contributed by atoms with Gasteiger partial charge in [-0.1, -0.05) is 31.0 Å². The monoisotopic (exact) mass is 434 g/mol. The summed E-state index contributed by atoms with van der Waals surface area (Å²) in [4.78, 5) is 22.6. The van der Waals surface area contributed by atoms with E-state index in [9.17, 15) is 4.79 Å². The molecular formula is C27H38N4O. The molecule has 1 saturated heterocycles. The summed E-state index contributed by atoms with van der Waals surface area (Å²) in [5.74, 6) is 0.153. The summed E-state index contributed by atoms with van der Waals surface area (Å²) in [6.45, 7) is 6.71. The van der Waals surface area contributed by atoms with E-state index in [4.69, 9.17) is 5.73 Å². The van der Waals surface area contributed by atoms with Gasteiger partial charge in [-0.2, -0.15) is 0 Å². The van der Waals surface area contributed by atoms with Crippen LogP contribution in [0.2, 0.25) is 0 Å². The molecule has 5 heteroatoms. The third kappa shape index (κ3) is 5.32. The van der Waals surface area contributed by atoms with Crippen LogP contribution in [0, 0.1) is 5.92 Å². The molecule has 1 aromatic heterocycles. The third-order valence-corrected chi connectivity index (χ3v) is 7.33. The van der Waals surface area contributed by atoms with Crippen LogP contribution in [0.15, 0.2) is 42.6 Å². The predicted octanol–water partition coefficient (Wildman–Crippen LogP) is 4.85. The fourth-order valence-electron chi connectivity index (χ4n) is 5.55. The van der Waals surface area contributed by atoms with E-state index in [1.807, 2.05) is 17.0 Å². The minimum absolute atomic E-state index is 0.0748. The van der Waals surface area contributed by atoms with Crippen molar-refractivity contribution in [1.29, 1.82) is 0 Å². The number of nitrogens with two attached hydrogens (primary N) is 1. The third-order valence-electron chi connectivity index (χ3n) is 7.33. The number of anilines is 2. The maximum atomic E-state index is 13.4. The molecule has 1 amide bonds. The van der Waals surface area contributed by atoms with Gasteiger partial charge in [0.15, 0.2) is 0 Å². The molecule has 4 rings (SSSR count). The number of piperidine rings is 1. The summed E-state index contributed by atoms with van der Waals surface area (Å²) < 4.78 is 0. The maximum absolute atomic E-state index is 13.4. The number of carbonyl (C=O) groups excluding carboxylic acids is 1. The number of hydrogen-bond acceptors (Lipinski definition) is 4. The Morgan fingerprint density at radius 2 is 1.78 bits per heavy atom. The number of fused-ring (bicyclic) bond motifs is 1. The molecule has 1 unspecified atom stereocenters. The van der Waals surface area contributed by atoms with Gasteiger partial charge in [-0.05, 0) is 76.3 Å². The number of benzene rings is 1. The molecule has 1 aromatic carbocycles. The smallest absolute Gasteiger partial charge is 0.230 e. The Kier molecular flexibility index (Phi) is 7.46. The van der Waals surface area contributed by atoms with Crippen LogP contribution in [0.3, 0.4) is 0 Å². The van der Waals surface area contributed by atoms with Crippen LogP contribution in [0.25, 0.3) is 0 Å². The van der Waals surface area contributed by atoms with Crippen LogP contribution in [-0.2, 0) is 17.6 Å². The van der Waals surface area contributed by atoms with Crippen LogP contribution >= 0.6 is 0 Å². The Morgan fingerprint density at radius 3 is 2.56 bits per heavy atom. The van der Waals surface area contributed by atoms with Gasteiger partial charge < -0.3 is 10.6 Å². The lowest BCUT2D eigenvalue weighted by molar-refractivity contribution is -0.122. The number of carbonyl (C=O) groups is 1. The Balaban J connectivity index is 1.35. The molecule has 0 bridgehead atoms. The van der Waals surface area contributed by atoms with Gasteiger partial charge in [-0.3, -0.25) is 14.7 Å². The molecule has 0 spiro atoms. The van der Waals surface area contributed by atoms with Crippen molar-refractivity contribution < 1.29 is 4.79 Å². The molecule has 5 nitrogen and oxygen atoms in total. The SMILES string of the molecule is C[C@@H]1CCC[C@H](C)N1CCCCCN1C(=O)C(Cc2cc(N)ccn2)Cc2ccccc21. The van der Waals surface area contributed by atoms with Gasteiger partial charge in [0.2, 0.25) is 5.91 Å². The van der Waals surface area contributed by atoms with Gasteiger partial charge in [-0.15, -0.1) is 0 Å². The first-order valence-corrected chi connectivity index (χ1v) is 12.4. The molecule has 2 aliphatic rings. The molecule has 1 fully saturated rings. The number of pyridine rings is 1. The second-order valence-electron chi connectivity index (χ2n) is 9.73. The Morgan fingerprint density at radius 1 is 1.03 bits per heavy atom. The average molecular weight is 435 g/mol.